The second kappa shape index (κ2) is 13.9. The van der Waals surface area contributed by atoms with Crippen molar-refractivity contribution in [3.63, 3.8) is 0 Å². The first-order valence-electron chi connectivity index (χ1n) is 11.7. The van der Waals surface area contributed by atoms with Gasteiger partial charge in [-0.1, -0.05) is 46.8 Å². The third-order valence-electron chi connectivity index (χ3n) is 4.88. The van der Waals surface area contributed by atoms with Crippen molar-refractivity contribution in [3.05, 3.63) is 29.8 Å². The van der Waals surface area contributed by atoms with Crippen LogP contribution in [0.25, 0.3) is 0 Å². The minimum Gasteiger partial charge on any atom is -0.467 e. The lowest BCUT2D eigenvalue weighted by Crippen LogP contribution is -2.48. The molecule has 0 fully saturated rings. The molecule has 0 saturated carbocycles. The van der Waals surface area contributed by atoms with E-state index in [4.69, 9.17) is 15.2 Å². The summed E-state index contributed by atoms with van der Waals surface area (Å²) in [6.07, 6.45) is 1.56. The highest BCUT2D eigenvalue weighted by atomic mass is 16.6. The molecule has 0 spiro atoms. The summed E-state index contributed by atoms with van der Waals surface area (Å²) in [5, 5.41) is 2.85. The molecule has 1 rings (SSSR count). The molecule has 0 radical (unpaired) electrons. The molecule has 0 aliphatic heterocycles. The Morgan fingerprint density at radius 2 is 1.55 bits per heavy atom. The molecule has 0 aliphatic rings. The van der Waals surface area contributed by atoms with Crippen molar-refractivity contribution in [2.75, 3.05) is 12.8 Å². The van der Waals surface area contributed by atoms with Crippen LogP contribution >= 0.6 is 0 Å². The Morgan fingerprint density at radius 3 is 2.00 bits per heavy atom. The number of nitrogens with one attached hydrogen (secondary N) is 1. The van der Waals surface area contributed by atoms with Crippen LogP contribution in [-0.2, 0) is 30.3 Å². The molecule has 0 saturated heterocycles. The predicted molar refractivity (Wildman–Crippen MR) is 132 cm³/mol. The number of hydrogen-bond donors (Lipinski definition) is 2. The lowest BCUT2D eigenvalue weighted by molar-refractivity contribution is -0.155. The highest BCUT2D eigenvalue weighted by Crippen LogP contribution is 2.31. The van der Waals surface area contributed by atoms with E-state index in [9.17, 15) is 14.4 Å². The first kappa shape index (κ1) is 30.4. The zero-order valence-electron chi connectivity index (χ0n) is 21.9. The molecule has 7 nitrogen and oxygen atoms in total. The molecule has 0 aromatic heterocycles. The molecule has 0 aliphatic carbocycles. The van der Waals surface area contributed by atoms with Crippen molar-refractivity contribution in [3.8, 4) is 0 Å². The molecule has 0 bridgehead atoms. The Labute approximate surface area is 199 Å². The molecule has 0 unspecified atom stereocenters. The Morgan fingerprint density at radius 1 is 1.00 bits per heavy atom. The second-order valence-electron chi connectivity index (χ2n) is 9.93. The van der Waals surface area contributed by atoms with E-state index in [0.717, 1.165) is 5.56 Å². The zero-order chi connectivity index (χ0) is 25.8. The van der Waals surface area contributed by atoms with Crippen molar-refractivity contribution in [2.45, 2.75) is 92.7 Å². The van der Waals surface area contributed by atoms with E-state index >= 15 is 0 Å². The van der Waals surface area contributed by atoms with Crippen LogP contribution in [0.5, 0.6) is 0 Å². The van der Waals surface area contributed by atoms with E-state index in [1.54, 1.807) is 12.1 Å². The molecular weight excluding hydrogens is 420 g/mol. The summed E-state index contributed by atoms with van der Waals surface area (Å²) in [6.45, 7) is 15.4. The minimum absolute atomic E-state index is 0.234. The molecule has 2 atom stereocenters. The van der Waals surface area contributed by atoms with Crippen molar-refractivity contribution in [1.29, 1.82) is 0 Å². The largest absolute Gasteiger partial charge is 0.467 e. The Bertz CT molecular complexity index is 745. The smallest absolute Gasteiger partial charge is 0.328 e. The van der Waals surface area contributed by atoms with Crippen LogP contribution in [0.2, 0.25) is 0 Å². The van der Waals surface area contributed by atoms with Crippen molar-refractivity contribution >= 4 is 23.5 Å². The van der Waals surface area contributed by atoms with Gasteiger partial charge >= 0.3 is 11.9 Å². The van der Waals surface area contributed by atoms with Crippen LogP contribution in [0.15, 0.2) is 24.3 Å². The van der Waals surface area contributed by atoms with E-state index in [1.165, 1.54) is 7.11 Å². The third-order valence-corrected chi connectivity index (χ3v) is 4.88. The summed E-state index contributed by atoms with van der Waals surface area (Å²) >= 11 is 0. The number of amides is 1. The number of nitrogen functional groups attached to an aromatic ring is 1. The van der Waals surface area contributed by atoms with Crippen LogP contribution in [0.4, 0.5) is 5.69 Å². The fraction of sp³-hybridized carbons (Fsp3) is 0.654. The Kier molecular flexibility index (Phi) is 12.8. The van der Waals surface area contributed by atoms with Gasteiger partial charge in [-0.2, -0.15) is 0 Å². The quantitative estimate of drug-likeness (QED) is 0.406. The van der Waals surface area contributed by atoms with Gasteiger partial charge in [0.15, 0.2) is 0 Å². The zero-order valence-corrected chi connectivity index (χ0v) is 21.9. The monoisotopic (exact) mass is 464 g/mol. The van der Waals surface area contributed by atoms with Crippen molar-refractivity contribution in [1.82, 2.24) is 5.32 Å². The molecule has 1 aromatic rings. The maximum Gasteiger partial charge on any atom is 0.328 e. The van der Waals surface area contributed by atoms with Crippen molar-refractivity contribution < 1.29 is 23.9 Å². The predicted octanol–water partition coefficient (Wildman–Crippen LogP) is 4.67. The van der Waals surface area contributed by atoms with Crippen LogP contribution in [0, 0.1) is 11.3 Å². The number of ether oxygens (including phenoxy) is 2. The first-order valence-corrected chi connectivity index (χ1v) is 11.7. The number of methoxy groups -OCH3 is 1. The minimum atomic E-state index is -0.808. The molecule has 33 heavy (non-hydrogen) atoms. The summed E-state index contributed by atoms with van der Waals surface area (Å²) in [5.74, 6) is -1.40. The highest BCUT2D eigenvalue weighted by molar-refractivity contribution is 5.86. The van der Waals surface area contributed by atoms with Gasteiger partial charge in [0.25, 0.3) is 0 Å². The van der Waals surface area contributed by atoms with Gasteiger partial charge in [-0.05, 0) is 56.7 Å². The fourth-order valence-corrected chi connectivity index (χ4v) is 3.30. The summed E-state index contributed by atoms with van der Waals surface area (Å²) in [4.78, 5) is 37.4. The van der Waals surface area contributed by atoms with Gasteiger partial charge in [0.05, 0.1) is 7.11 Å². The number of carbonyl (C=O) groups excluding carboxylic acids is 3. The Balaban J connectivity index is 0.00000497. The van der Waals surface area contributed by atoms with E-state index < -0.39 is 17.6 Å². The SMILES string of the molecule is CC.COC(=O)[C@H](Cc1ccc(N)cc1)NC(=O)[C@@H](CCCC(=O)OC(C)(C)C)C(C)(C)C. The number of carbonyl (C=O) groups is 3. The third kappa shape index (κ3) is 12.3. The standard InChI is InChI=1S/C24H38N2O5.C2H6/c1-23(2,3)18(9-8-10-20(27)31-24(4,5)6)21(28)26-19(22(29)30-7)15-16-11-13-17(25)14-12-16;1-2/h11-14,18-19H,8-10,15,25H2,1-7H3,(H,26,28);1-2H3/t18-,19+;/m1./s1. The highest BCUT2D eigenvalue weighted by Gasteiger charge is 2.34. The number of anilines is 1. The van der Waals surface area contributed by atoms with Gasteiger partial charge in [0.2, 0.25) is 5.91 Å². The van der Waals surface area contributed by atoms with E-state index in [1.807, 2.05) is 67.5 Å². The molecule has 1 aromatic carbocycles. The molecule has 188 valence electrons. The van der Waals surface area contributed by atoms with Crippen LogP contribution in [0.1, 0.15) is 80.2 Å². The van der Waals surface area contributed by atoms with Gasteiger partial charge in [-0.15, -0.1) is 0 Å². The maximum absolute atomic E-state index is 13.1. The summed E-state index contributed by atoms with van der Waals surface area (Å²) < 4.78 is 10.2. The lowest BCUT2D eigenvalue weighted by atomic mass is 9.77. The molecule has 1 amide bonds. The summed E-state index contributed by atoms with van der Waals surface area (Å²) in [6, 6.07) is 6.33. The number of rotatable bonds is 9. The number of benzene rings is 1. The molecule has 7 heteroatoms. The van der Waals surface area contributed by atoms with E-state index in [2.05, 4.69) is 5.32 Å². The van der Waals surface area contributed by atoms with Gasteiger partial charge < -0.3 is 20.5 Å². The maximum atomic E-state index is 13.1. The fourth-order valence-electron chi connectivity index (χ4n) is 3.30. The van der Waals surface area contributed by atoms with Gasteiger partial charge in [-0.25, -0.2) is 4.79 Å². The average molecular weight is 465 g/mol. The lowest BCUT2D eigenvalue weighted by Gasteiger charge is -2.31. The normalized spacial score (nSPS) is 13.1. The van der Waals surface area contributed by atoms with Gasteiger partial charge in [0, 0.05) is 24.4 Å². The average Bonchev–Trinajstić information content (AvgIpc) is 2.70. The van der Waals surface area contributed by atoms with Crippen molar-refractivity contribution in [2.24, 2.45) is 11.3 Å². The molecule has 0 heterocycles. The Hall–Kier alpha value is -2.57. The van der Waals surface area contributed by atoms with E-state index in [-0.39, 0.29) is 29.6 Å². The van der Waals surface area contributed by atoms with E-state index in [0.29, 0.717) is 24.9 Å². The van der Waals surface area contributed by atoms with Crippen LogP contribution < -0.4 is 11.1 Å². The first-order chi connectivity index (χ1) is 15.2. The second-order valence-corrected chi connectivity index (χ2v) is 9.93. The van der Waals surface area contributed by atoms with Gasteiger partial charge in [-0.3, -0.25) is 9.59 Å². The number of hydrogen-bond acceptors (Lipinski definition) is 6. The summed E-state index contributed by atoms with van der Waals surface area (Å²) in [7, 11) is 1.30. The van der Waals surface area contributed by atoms with Crippen LogP contribution in [-0.4, -0.2) is 36.6 Å². The van der Waals surface area contributed by atoms with Crippen LogP contribution in [0.3, 0.4) is 0 Å². The summed E-state index contributed by atoms with van der Waals surface area (Å²) in [5.41, 5.74) is 6.33. The molecule has 3 N–H and O–H groups in total. The number of nitrogens with two attached hydrogens (primary N) is 1. The topological polar surface area (TPSA) is 108 Å². The molecular formula is C26H44N2O5. The number of esters is 2. The van der Waals surface area contributed by atoms with Gasteiger partial charge in [0.1, 0.15) is 11.6 Å².